The van der Waals surface area contributed by atoms with Crippen LogP contribution in [0.5, 0.6) is 11.5 Å². The monoisotopic (exact) mass is 262 g/mol. The standard InChI is InChI=1S/C12H10N2O3S/c15-11(12-13-3-6-18-12)14-8-1-2-9-10(7-8)17-5-4-16-9/h1-3,6-7H,4-5H2,(H,14,15). The van der Waals surface area contributed by atoms with Gasteiger partial charge >= 0.3 is 0 Å². The number of carbonyl (C=O) groups is 1. The van der Waals surface area contributed by atoms with E-state index in [1.165, 1.54) is 11.3 Å². The van der Waals surface area contributed by atoms with Crippen LogP contribution in [0.1, 0.15) is 9.80 Å². The van der Waals surface area contributed by atoms with Crippen LogP contribution in [0.3, 0.4) is 0 Å². The van der Waals surface area contributed by atoms with Crippen molar-refractivity contribution in [2.24, 2.45) is 0 Å². The van der Waals surface area contributed by atoms with Crippen molar-refractivity contribution in [2.45, 2.75) is 0 Å². The highest BCUT2D eigenvalue weighted by Crippen LogP contribution is 2.32. The summed E-state index contributed by atoms with van der Waals surface area (Å²) in [6.07, 6.45) is 1.60. The average molecular weight is 262 g/mol. The summed E-state index contributed by atoms with van der Waals surface area (Å²) in [5.41, 5.74) is 0.666. The number of thiazole rings is 1. The number of amides is 1. The lowest BCUT2D eigenvalue weighted by molar-refractivity contribution is 0.102. The Bertz CT molecular complexity index is 569. The summed E-state index contributed by atoms with van der Waals surface area (Å²) in [5, 5.41) is 4.97. The Labute approximate surface area is 107 Å². The lowest BCUT2D eigenvalue weighted by Crippen LogP contribution is -2.16. The molecule has 1 N–H and O–H groups in total. The van der Waals surface area contributed by atoms with Gasteiger partial charge in [-0.1, -0.05) is 0 Å². The molecule has 92 valence electrons. The normalized spacial score (nSPS) is 13.1. The number of fused-ring (bicyclic) bond motifs is 1. The van der Waals surface area contributed by atoms with Gasteiger partial charge < -0.3 is 14.8 Å². The summed E-state index contributed by atoms with van der Waals surface area (Å²) >= 11 is 1.30. The highest BCUT2D eigenvalue weighted by molar-refractivity contribution is 7.11. The van der Waals surface area contributed by atoms with E-state index >= 15 is 0 Å². The van der Waals surface area contributed by atoms with Gasteiger partial charge in [0, 0.05) is 23.3 Å². The molecule has 0 spiro atoms. The molecule has 0 aliphatic carbocycles. The van der Waals surface area contributed by atoms with Crippen molar-refractivity contribution >= 4 is 22.9 Å². The van der Waals surface area contributed by atoms with E-state index in [4.69, 9.17) is 9.47 Å². The third-order valence-corrected chi connectivity index (χ3v) is 3.20. The molecular weight excluding hydrogens is 252 g/mol. The minimum absolute atomic E-state index is 0.221. The fourth-order valence-electron chi connectivity index (χ4n) is 1.64. The maximum atomic E-state index is 11.8. The van der Waals surface area contributed by atoms with Crippen LogP contribution in [0.4, 0.5) is 5.69 Å². The number of hydrogen-bond acceptors (Lipinski definition) is 5. The van der Waals surface area contributed by atoms with E-state index in [-0.39, 0.29) is 5.91 Å². The second kappa shape index (κ2) is 4.66. The number of rotatable bonds is 2. The minimum atomic E-state index is -0.221. The Morgan fingerprint density at radius 3 is 2.89 bits per heavy atom. The number of nitrogens with zero attached hydrogens (tertiary/aromatic N) is 1. The summed E-state index contributed by atoms with van der Waals surface area (Å²) in [6, 6.07) is 5.31. The summed E-state index contributed by atoms with van der Waals surface area (Å²) in [5.74, 6) is 1.13. The Balaban J connectivity index is 1.79. The van der Waals surface area contributed by atoms with E-state index in [0.717, 1.165) is 0 Å². The molecule has 2 aromatic rings. The minimum Gasteiger partial charge on any atom is -0.486 e. The highest BCUT2D eigenvalue weighted by Gasteiger charge is 2.14. The predicted octanol–water partition coefficient (Wildman–Crippen LogP) is 2.17. The molecule has 18 heavy (non-hydrogen) atoms. The first-order valence-corrected chi connectivity index (χ1v) is 6.31. The molecule has 6 heteroatoms. The number of hydrogen-bond donors (Lipinski definition) is 1. The van der Waals surface area contributed by atoms with Gasteiger partial charge in [-0.25, -0.2) is 4.98 Å². The van der Waals surface area contributed by atoms with Gasteiger partial charge in [-0.2, -0.15) is 0 Å². The topological polar surface area (TPSA) is 60.5 Å². The molecule has 1 aliphatic rings. The maximum absolute atomic E-state index is 11.8. The molecule has 0 atom stereocenters. The molecule has 1 aliphatic heterocycles. The van der Waals surface area contributed by atoms with Crippen LogP contribution in [-0.4, -0.2) is 24.1 Å². The van der Waals surface area contributed by atoms with E-state index < -0.39 is 0 Å². The molecule has 0 bridgehead atoms. The Hall–Kier alpha value is -2.08. The van der Waals surface area contributed by atoms with Gasteiger partial charge in [0.1, 0.15) is 13.2 Å². The van der Waals surface area contributed by atoms with E-state index in [9.17, 15) is 4.79 Å². The summed E-state index contributed by atoms with van der Waals surface area (Å²) in [6.45, 7) is 1.08. The fourth-order valence-corrected chi connectivity index (χ4v) is 2.17. The van der Waals surface area contributed by atoms with Gasteiger partial charge in [-0.05, 0) is 12.1 Å². The third-order valence-electron chi connectivity index (χ3n) is 2.43. The summed E-state index contributed by atoms with van der Waals surface area (Å²) in [4.78, 5) is 15.8. The Kier molecular flexibility index (Phi) is 2.85. The van der Waals surface area contributed by atoms with Crippen LogP contribution in [0.2, 0.25) is 0 Å². The molecule has 0 saturated heterocycles. The van der Waals surface area contributed by atoms with Crippen molar-refractivity contribution in [3.05, 3.63) is 34.8 Å². The molecule has 1 aromatic carbocycles. The molecular formula is C12H10N2O3S. The van der Waals surface area contributed by atoms with Crippen molar-refractivity contribution in [3.63, 3.8) is 0 Å². The van der Waals surface area contributed by atoms with Gasteiger partial charge in [0.15, 0.2) is 16.5 Å². The molecule has 3 rings (SSSR count). The van der Waals surface area contributed by atoms with Crippen molar-refractivity contribution in [3.8, 4) is 11.5 Å². The SMILES string of the molecule is O=C(Nc1ccc2c(c1)OCCO2)c1nccs1. The molecule has 1 aromatic heterocycles. The van der Waals surface area contributed by atoms with Crippen LogP contribution < -0.4 is 14.8 Å². The van der Waals surface area contributed by atoms with Gasteiger partial charge in [0.25, 0.3) is 5.91 Å². The second-order valence-electron chi connectivity index (χ2n) is 3.65. The zero-order valence-corrected chi connectivity index (χ0v) is 10.2. The van der Waals surface area contributed by atoms with Gasteiger partial charge in [0.05, 0.1) is 0 Å². The van der Waals surface area contributed by atoms with Crippen molar-refractivity contribution in [1.29, 1.82) is 0 Å². The van der Waals surface area contributed by atoms with Crippen LogP contribution in [0.25, 0.3) is 0 Å². The van der Waals surface area contributed by atoms with Crippen molar-refractivity contribution in [1.82, 2.24) is 4.98 Å². The van der Waals surface area contributed by atoms with Gasteiger partial charge in [-0.3, -0.25) is 4.79 Å². The van der Waals surface area contributed by atoms with E-state index in [1.54, 1.807) is 29.8 Å². The Morgan fingerprint density at radius 1 is 1.28 bits per heavy atom. The number of benzene rings is 1. The van der Waals surface area contributed by atoms with Gasteiger partial charge in [0.2, 0.25) is 0 Å². The fraction of sp³-hybridized carbons (Fsp3) is 0.167. The molecule has 1 amide bonds. The lowest BCUT2D eigenvalue weighted by atomic mass is 10.2. The molecule has 0 radical (unpaired) electrons. The van der Waals surface area contributed by atoms with Crippen LogP contribution >= 0.6 is 11.3 Å². The van der Waals surface area contributed by atoms with E-state index in [1.807, 2.05) is 0 Å². The first kappa shape index (κ1) is 11.0. The molecule has 5 nitrogen and oxygen atoms in total. The lowest BCUT2D eigenvalue weighted by Gasteiger charge is -2.18. The van der Waals surface area contributed by atoms with E-state index in [2.05, 4.69) is 10.3 Å². The summed E-state index contributed by atoms with van der Waals surface area (Å²) in [7, 11) is 0. The number of nitrogens with one attached hydrogen (secondary N) is 1. The van der Waals surface area contributed by atoms with Crippen LogP contribution in [-0.2, 0) is 0 Å². The first-order chi connectivity index (χ1) is 8.83. The van der Waals surface area contributed by atoms with Gasteiger partial charge in [-0.15, -0.1) is 11.3 Å². The predicted molar refractivity (Wildman–Crippen MR) is 67.5 cm³/mol. The third kappa shape index (κ3) is 2.14. The maximum Gasteiger partial charge on any atom is 0.284 e. The molecule has 0 unspecified atom stereocenters. The largest absolute Gasteiger partial charge is 0.486 e. The average Bonchev–Trinajstić information content (AvgIpc) is 2.92. The molecule has 2 heterocycles. The van der Waals surface area contributed by atoms with Crippen molar-refractivity contribution < 1.29 is 14.3 Å². The van der Waals surface area contributed by atoms with E-state index in [0.29, 0.717) is 35.4 Å². The molecule has 0 saturated carbocycles. The zero-order valence-electron chi connectivity index (χ0n) is 9.38. The van der Waals surface area contributed by atoms with Crippen molar-refractivity contribution in [2.75, 3.05) is 18.5 Å². The smallest absolute Gasteiger partial charge is 0.284 e. The molecule has 0 fully saturated rings. The highest BCUT2D eigenvalue weighted by atomic mass is 32.1. The number of carbonyl (C=O) groups excluding carboxylic acids is 1. The second-order valence-corrected chi connectivity index (χ2v) is 4.54. The summed E-state index contributed by atoms with van der Waals surface area (Å²) < 4.78 is 10.9. The quantitative estimate of drug-likeness (QED) is 0.901. The van der Waals surface area contributed by atoms with Crippen LogP contribution in [0.15, 0.2) is 29.8 Å². The zero-order chi connectivity index (χ0) is 12.4. The van der Waals surface area contributed by atoms with Crippen LogP contribution in [0, 0.1) is 0 Å². The number of anilines is 1. The Morgan fingerprint density at radius 2 is 2.11 bits per heavy atom. The number of aromatic nitrogens is 1. The first-order valence-electron chi connectivity index (χ1n) is 5.43. The number of ether oxygens (including phenoxy) is 2.